The predicted octanol–water partition coefficient (Wildman–Crippen LogP) is 0.266. The van der Waals surface area contributed by atoms with Gasteiger partial charge < -0.3 is 15.1 Å². The fourth-order valence-corrected chi connectivity index (χ4v) is 5.77. The van der Waals surface area contributed by atoms with Crippen molar-refractivity contribution in [3.63, 3.8) is 0 Å². The van der Waals surface area contributed by atoms with Crippen LogP contribution in [0.3, 0.4) is 0 Å². The van der Waals surface area contributed by atoms with Gasteiger partial charge in [-0.05, 0) is 37.4 Å². The number of hydrogen-bond acceptors (Lipinski definition) is 6. The van der Waals surface area contributed by atoms with Crippen molar-refractivity contribution < 1.29 is 13.2 Å². The molecule has 0 atom stereocenters. The molecule has 0 spiro atoms. The van der Waals surface area contributed by atoms with Gasteiger partial charge in [0, 0.05) is 39.3 Å². The molecule has 25 heavy (non-hydrogen) atoms. The van der Waals surface area contributed by atoms with E-state index in [0.717, 1.165) is 39.0 Å². The molecule has 0 bridgehead atoms. The second-order valence-electron chi connectivity index (χ2n) is 6.45. The first kappa shape index (κ1) is 18.8. The molecule has 3 heterocycles. The molecule has 140 valence electrons. The number of amides is 1. The number of nitrogens with zero attached hydrogens (tertiary/aromatic N) is 3. The Bertz CT molecular complexity index is 651. The summed E-state index contributed by atoms with van der Waals surface area (Å²) in [6.45, 7) is 5.78. The SMILES string of the molecule is O=C(CN(CCN1CCCC1)S(=O)(=O)c1cccs1)N1CCNCC1. The number of thiophene rings is 1. The Balaban J connectivity index is 1.70. The van der Waals surface area contributed by atoms with Gasteiger partial charge in [0.15, 0.2) is 0 Å². The van der Waals surface area contributed by atoms with Crippen LogP contribution < -0.4 is 5.32 Å². The normalized spacial score (nSPS) is 19.6. The largest absolute Gasteiger partial charge is 0.339 e. The third kappa shape index (κ3) is 4.79. The van der Waals surface area contributed by atoms with Crippen LogP contribution in [0.2, 0.25) is 0 Å². The standard InChI is InChI=1S/C16H26N4O3S2/c21-15(19-9-5-17-6-10-19)14-20(12-11-18-7-1-2-8-18)25(22,23)16-4-3-13-24-16/h3-4,13,17H,1-2,5-12,14H2. The van der Waals surface area contributed by atoms with E-state index in [4.69, 9.17) is 0 Å². The molecule has 3 rings (SSSR count). The van der Waals surface area contributed by atoms with Gasteiger partial charge in [-0.3, -0.25) is 4.79 Å². The van der Waals surface area contributed by atoms with Crippen LogP contribution in [-0.4, -0.2) is 87.3 Å². The van der Waals surface area contributed by atoms with Crippen molar-refractivity contribution >= 4 is 27.3 Å². The van der Waals surface area contributed by atoms with Crippen LogP contribution in [-0.2, 0) is 14.8 Å². The molecule has 1 aromatic heterocycles. The van der Waals surface area contributed by atoms with Crippen LogP contribution in [0.1, 0.15) is 12.8 Å². The monoisotopic (exact) mass is 386 g/mol. The van der Waals surface area contributed by atoms with Crippen molar-refractivity contribution in [3.8, 4) is 0 Å². The molecule has 2 aliphatic rings. The Kier molecular flexibility index (Phi) is 6.45. The summed E-state index contributed by atoms with van der Waals surface area (Å²) >= 11 is 1.20. The quantitative estimate of drug-likeness (QED) is 0.728. The Morgan fingerprint density at radius 1 is 1.20 bits per heavy atom. The van der Waals surface area contributed by atoms with Gasteiger partial charge in [-0.25, -0.2) is 8.42 Å². The lowest BCUT2D eigenvalue weighted by Crippen LogP contribution is -2.51. The Labute approximate surface area is 153 Å². The fourth-order valence-electron chi connectivity index (χ4n) is 3.25. The van der Waals surface area contributed by atoms with Crippen molar-refractivity contribution in [1.82, 2.24) is 19.4 Å². The summed E-state index contributed by atoms with van der Waals surface area (Å²) in [5.74, 6) is -0.108. The zero-order valence-corrected chi connectivity index (χ0v) is 16.0. The van der Waals surface area contributed by atoms with Crippen molar-refractivity contribution in [2.24, 2.45) is 0 Å². The van der Waals surface area contributed by atoms with Crippen LogP contribution in [0.15, 0.2) is 21.7 Å². The van der Waals surface area contributed by atoms with Gasteiger partial charge in [-0.2, -0.15) is 4.31 Å². The van der Waals surface area contributed by atoms with Crippen LogP contribution >= 0.6 is 11.3 Å². The molecule has 2 aliphatic heterocycles. The topological polar surface area (TPSA) is 73.0 Å². The average molecular weight is 387 g/mol. The van der Waals surface area contributed by atoms with Gasteiger partial charge in [-0.1, -0.05) is 6.07 Å². The third-order valence-corrected chi connectivity index (χ3v) is 7.95. The second kappa shape index (κ2) is 8.59. The van der Waals surface area contributed by atoms with E-state index < -0.39 is 10.0 Å². The van der Waals surface area contributed by atoms with E-state index in [9.17, 15) is 13.2 Å². The number of piperazine rings is 1. The molecule has 0 saturated carbocycles. The van der Waals surface area contributed by atoms with Crippen molar-refractivity contribution in [2.75, 3.05) is 58.9 Å². The smallest absolute Gasteiger partial charge is 0.253 e. The Morgan fingerprint density at radius 3 is 2.56 bits per heavy atom. The highest BCUT2D eigenvalue weighted by molar-refractivity contribution is 7.91. The summed E-state index contributed by atoms with van der Waals surface area (Å²) < 4.78 is 27.6. The highest BCUT2D eigenvalue weighted by Crippen LogP contribution is 2.21. The molecule has 0 aromatic carbocycles. The summed E-state index contributed by atoms with van der Waals surface area (Å²) in [6, 6.07) is 3.34. The van der Waals surface area contributed by atoms with E-state index >= 15 is 0 Å². The van der Waals surface area contributed by atoms with E-state index in [1.165, 1.54) is 15.6 Å². The predicted molar refractivity (Wildman–Crippen MR) is 98.2 cm³/mol. The first-order valence-corrected chi connectivity index (χ1v) is 11.1. The van der Waals surface area contributed by atoms with Crippen LogP contribution in [0, 0.1) is 0 Å². The first-order valence-electron chi connectivity index (χ1n) is 8.82. The molecule has 2 fully saturated rings. The summed E-state index contributed by atoms with van der Waals surface area (Å²) in [6.07, 6.45) is 2.33. The van der Waals surface area contributed by atoms with Gasteiger partial charge in [0.2, 0.25) is 5.91 Å². The third-order valence-electron chi connectivity index (χ3n) is 4.73. The minimum Gasteiger partial charge on any atom is -0.339 e. The lowest BCUT2D eigenvalue weighted by Gasteiger charge is -2.30. The van der Waals surface area contributed by atoms with Gasteiger partial charge >= 0.3 is 0 Å². The minimum absolute atomic E-state index is 0.0753. The zero-order chi connectivity index (χ0) is 17.7. The number of sulfonamides is 1. The molecule has 0 unspecified atom stereocenters. The summed E-state index contributed by atoms with van der Waals surface area (Å²) in [7, 11) is -3.62. The van der Waals surface area contributed by atoms with Crippen molar-refractivity contribution in [1.29, 1.82) is 0 Å². The van der Waals surface area contributed by atoms with Gasteiger partial charge in [-0.15, -0.1) is 11.3 Å². The summed E-state index contributed by atoms with van der Waals surface area (Å²) in [4.78, 5) is 16.6. The van der Waals surface area contributed by atoms with Crippen LogP contribution in [0.25, 0.3) is 0 Å². The highest BCUT2D eigenvalue weighted by Gasteiger charge is 2.30. The molecule has 2 saturated heterocycles. The molecular formula is C16H26N4O3S2. The first-order chi connectivity index (χ1) is 12.1. The maximum atomic E-state index is 13.0. The summed E-state index contributed by atoms with van der Waals surface area (Å²) in [5, 5.41) is 4.96. The van der Waals surface area contributed by atoms with Crippen LogP contribution in [0.5, 0.6) is 0 Å². The molecule has 7 nitrogen and oxygen atoms in total. The maximum absolute atomic E-state index is 13.0. The minimum atomic E-state index is -3.62. The lowest BCUT2D eigenvalue weighted by molar-refractivity contribution is -0.132. The van der Waals surface area contributed by atoms with Gasteiger partial charge in [0.1, 0.15) is 4.21 Å². The number of likely N-dealkylation sites (tertiary alicyclic amines) is 1. The molecule has 1 amide bonds. The lowest BCUT2D eigenvalue weighted by atomic mass is 10.3. The highest BCUT2D eigenvalue weighted by atomic mass is 32.2. The zero-order valence-electron chi connectivity index (χ0n) is 14.4. The Morgan fingerprint density at radius 2 is 1.92 bits per heavy atom. The molecule has 9 heteroatoms. The molecule has 1 N–H and O–H groups in total. The molecule has 0 radical (unpaired) electrons. The average Bonchev–Trinajstić information content (AvgIpc) is 3.32. The van der Waals surface area contributed by atoms with Gasteiger partial charge in [0.25, 0.3) is 10.0 Å². The van der Waals surface area contributed by atoms with Crippen molar-refractivity contribution in [2.45, 2.75) is 17.1 Å². The Hall–Kier alpha value is -1.00. The molecule has 1 aromatic rings. The van der Waals surface area contributed by atoms with E-state index in [-0.39, 0.29) is 12.5 Å². The number of carbonyl (C=O) groups is 1. The summed E-state index contributed by atoms with van der Waals surface area (Å²) in [5.41, 5.74) is 0. The number of rotatable bonds is 7. The molecular weight excluding hydrogens is 360 g/mol. The van der Waals surface area contributed by atoms with Crippen molar-refractivity contribution in [3.05, 3.63) is 17.5 Å². The van der Waals surface area contributed by atoms with Crippen LogP contribution in [0.4, 0.5) is 0 Å². The van der Waals surface area contributed by atoms with E-state index in [1.54, 1.807) is 22.4 Å². The van der Waals surface area contributed by atoms with E-state index in [0.29, 0.717) is 30.4 Å². The van der Waals surface area contributed by atoms with E-state index in [2.05, 4.69) is 10.2 Å². The maximum Gasteiger partial charge on any atom is 0.253 e. The number of nitrogens with one attached hydrogen (secondary N) is 1. The second-order valence-corrected chi connectivity index (χ2v) is 9.56. The van der Waals surface area contributed by atoms with Gasteiger partial charge in [0.05, 0.1) is 6.54 Å². The number of carbonyl (C=O) groups excluding carboxylic acids is 1. The molecule has 0 aliphatic carbocycles. The van der Waals surface area contributed by atoms with E-state index in [1.807, 2.05) is 0 Å². The fraction of sp³-hybridized carbons (Fsp3) is 0.688. The number of hydrogen-bond donors (Lipinski definition) is 1.